The van der Waals surface area contributed by atoms with Crippen LogP contribution in [0.25, 0.3) is 17.1 Å². The van der Waals surface area contributed by atoms with E-state index in [0.29, 0.717) is 23.8 Å². The standard InChI is InChI=1S/C20H17N7O2/c28-20(15-3-1-4-16(11-15)26-12-22-23-13-26)27-10-2-5-17(27)19-24-18(25-29-19)14-6-8-21-9-7-14/h1,3-4,6-9,11-13,17H,2,5,10H2/t17-/m0/s1. The SMILES string of the molecule is O=C(c1cccc(-n2cnnc2)c1)N1CCC[C@H]1c1nc(-c2ccncc2)no1. The molecule has 1 amide bonds. The van der Waals surface area contributed by atoms with Gasteiger partial charge in [0.2, 0.25) is 11.7 Å². The Labute approximate surface area is 166 Å². The average Bonchev–Trinajstić information content (AvgIpc) is 3.55. The number of hydrogen-bond donors (Lipinski definition) is 0. The molecule has 29 heavy (non-hydrogen) atoms. The topological polar surface area (TPSA) is 103 Å². The average molecular weight is 387 g/mol. The van der Waals surface area contributed by atoms with Crippen LogP contribution >= 0.6 is 0 Å². The molecular weight excluding hydrogens is 370 g/mol. The van der Waals surface area contributed by atoms with Gasteiger partial charge in [0.25, 0.3) is 5.91 Å². The number of benzene rings is 1. The van der Waals surface area contributed by atoms with E-state index >= 15 is 0 Å². The van der Waals surface area contributed by atoms with Crippen LogP contribution in [0.4, 0.5) is 0 Å². The van der Waals surface area contributed by atoms with Gasteiger partial charge in [-0.05, 0) is 43.2 Å². The zero-order valence-corrected chi connectivity index (χ0v) is 15.4. The second-order valence-electron chi connectivity index (χ2n) is 6.77. The van der Waals surface area contributed by atoms with Gasteiger partial charge in [0.05, 0.1) is 0 Å². The van der Waals surface area contributed by atoms with Crippen molar-refractivity contribution in [3.8, 4) is 17.1 Å². The molecule has 9 heteroatoms. The minimum atomic E-state index is -0.232. The molecule has 1 saturated heterocycles. The Morgan fingerprint density at radius 3 is 2.76 bits per heavy atom. The van der Waals surface area contributed by atoms with E-state index in [9.17, 15) is 4.79 Å². The molecule has 0 saturated carbocycles. The van der Waals surface area contributed by atoms with Crippen molar-refractivity contribution in [2.75, 3.05) is 6.54 Å². The predicted molar refractivity (Wildman–Crippen MR) is 102 cm³/mol. The highest BCUT2D eigenvalue weighted by Gasteiger charge is 2.34. The van der Waals surface area contributed by atoms with E-state index in [2.05, 4.69) is 25.3 Å². The Balaban J connectivity index is 1.41. The van der Waals surface area contributed by atoms with Crippen molar-refractivity contribution in [3.05, 3.63) is 72.9 Å². The van der Waals surface area contributed by atoms with E-state index in [1.54, 1.807) is 34.5 Å². The van der Waals surface area contributed by atoms with Crippen molar-refractivity contribution >= 4 is 5.91 Å². The minimum Gasteiger partial charge on any atom is -0.337 e. The fourth-order valence-corrected chi connectivity index (χ4v) is 3.55. The van der Waals surface area contributed by atoms with Gasteiger partial charge in [-0.25, -0.2) is 0 Å². The van der Waals surface area contributed by atoms with Crippen LogP contribution in [0.15, 0.2) is 66.0 Å². The van der Waals surface area contributed by atoms with E-state index in [1.807, 2.05) is 36.4 Å². The van der Waals surface area contributed by atoms with Gasteiger partial charge in [-0.3, -0.25) is 14.3 Å². The fraction of sp³-hybridized carbons (Fsp3) is 0.200. The summed E-state index contributed by atoms with van der Waals surface area (Å²) >= 11 is 0. The summed E-state index contributed by atoms with van der Waals surface area (Å²) in [4.78, 5) is 23.5. The van der Waals surface area contributed by atoms with Crippen molar-refractivity contribution in [2.24, 2.45) is 0 Å². The number of aromatic nitrogens is 6. The van der Waals surface area contributed by atoms with E-state index in [4.69, 9.17) is 4.52 Å². The van der Waals surface area contributed by atoms with Gasteiger partial charge >= 0.3 is 0 Å². The lowest BCUT2D eigenvalue weighted by Crippen LogP contribution is -2.30. The maximum Gasteiger partial charge on any atom is 0.254 e. The molecule has 1 aliphatic rings. The summed E-state index contributed by atoms with van der Waals surface area (Å²) < 4.78 is 7.27. The molecule has 0 spiro atoms. The van der Waals surface area contributed by atoms with Crippen molar-refractivity contribution in [3.63, 3.8) is 0 Å². The Morgan fingerprint density at radius 2 is 1.93 bits per heavy atom. The molecule has 0 aliphatic carbocycles. The second-order valence-corrected chi connectivity index (χ2v) is 6.77. The number of nitrogens with zero attached hydrogens (tertiary/aromatic N) is 7. The van der Waals surface area contributed by atoms with Crippen molar-refractivity contribution in [1.29, 1.82) is 0 Å². The van der Waals surface area contributed by atoms with Gasteiger partial charge < -0.3 is 9.42 Å². The Kier molecular flexibility index (Phi) is 4.32. The molecule has 0 unspecified atom stereocenters. The molecule has 1 aromatic carbocycles. The summed E-state index contributed by atoms with van der Waals surface area (Å²) in [6.45, 7) is 0.646. The van der Waals surface area contributed by atoms with Crippen molar-refractivity contribution < 1.29 is 9.32 Å². The van der Waals surface area contributed by atoms with Crippen LogP contribution in [0.2, 0.25) is 0 Å². The molecule has 1 fully saturated rings. The largest absolute Gasteiger partial charge is 0.337 e. The van der Waals surface area contributed by atoms with Gasteiger partial charge in [0.1, 0.15) is 18.7 Å². The highest BCUT2D eigenvalue weighted by Crippen LogP contribution is 2.33. The van der Waals surface area contributed by atoms with Crippen LogP contribution in [0.3, 0.4) is 0 Å². The molecular formula is C20H17N7O2. The molecule has 5 rings (SSSR count). The maximum absolute atomic E-state index is 13.2. The number of hydrogen-bond acceptors (Lipinski definition) is 7. The van der Waals surface area contributed by atoms with Crippen LogP contribution in [-0.4, -0.2) is 47.2 Å². The summed E-state index contributed by atoms with van der Waals surface area (Å²) in [5, 5.41) is 11.7. The molecule has 9 nitrogen and oxygen atoms in total. The molecule has 1 atom stereocenters. The Bertz CT molecular complexity index is 1120. The summed E-state index contributed by atoms with van der Waals surface area (Å²) in [7, 11) is 0. The number of carbonyl (C=O) groups excluding carboxylic acids is 1. The lowest BCUT2D eigenvalue weighted by molar-refractivity contribution is 0.0710. The predicted octanol–water partition coefficient (Wildman–Crippen LogP) is 2.69. The van der Waals surface area contributed by atoms with E-state index in [0.717, 1.165) is 24.1 Å². The highest BCUT2D eigenvalue weighted by atomic mass is 16.5. The molecule has 0 bridgehead atoms. The van der Waals surface area contributed by atoms with Gasteiger partial charge in [-0.15, -0.1) is 10.2 Å². The molecule has 4 heterocycles. The Hall–Kier alpha value is -3.88. The number of amides is 1. The molecule has 0 N–H and O–H groups in total. The van der Waals surface area contributed by atoms with Gasteiger partial charge in [-0.2, -0.15) is 4.98 Å². The zero-order valence-electron chi connectivity index (χ0n) is 15.4. The maximum atomic E-state index is 13.2. The number of rotatable bonds is 4. The molecule has 4 aromatic rings. The summed E-state index contributed by atoms with van der Waals surface area (Å²) in [5.74, 6) is 0.889. The molecule has 3 aromatic heterocycles. The summed E-state index contributed by atoms with van der Waals surface area (Å²) in [6, 6.07) is 10.8. The van der Waals surface area contributed by atoms with Crippen molar-refractivity contribution in [2.45, 2.75) is 18.9 Å². The lowest BCUT2D eigenvalue weighted by atomic mass is 10.1. The third kappa shape index (κ3) is 3.27. The molecule has 0 radical (unpaired) electrons. The molecule has 144 valence electrons. The lowest BCUT2D eigenvalue weighted by Gasteiger charge is -2.22. The Morgan fingerprint density at radius 1 is 1.10 bits per heavy atom. The van der Waals surface area contributed by atoms with Crippen LogP contribution in [-0.2, 0) is 0 Å². The van der Waals surface area contributed by atoms with Crippen LogP contribution in [0, 0.1) is 0 Å². The second kappa shape index (κ2) is 7.27. The first-order chi connectivity index (χ1) is 14.3. The monoisotopic (exact) mass is 387 g/mol. The normalized spacial score (nSPS) is 16.3. The van der Waals surface area contributed by atoms with Crippen molar-refractivity contribution in [1.82, 2.24) is 34.8 Å². The van der Waals surface area contributed by atoms with Crippen LogP contribution < -0.4 is 0 Å². The zero-order chi connectivity index (χ0) is 19.6. The van der Waals surface area contributed by atoms with Crippen LogP contribution in [0.5, 0.6) is 0 Å². The minimum absolute atomic E-state index is 0.0638. The quantitative estimate of drug-likeness (QED) is 0.530. The third-order valence-corrected chi connectivity index (χ3v) is 4.99. The first-order valence-electron chi connectivity index (χ1n) is 9.29. The molecule has 1 aliphatic heterocycles. The first kappa shape index (κ1) is 17.2. The number of likely N-dealkylation sites (tertiary alicyclic amines) is 1. The van der Waals surface area contributed by atoms with Crippen LogP contribution in [0.1, 0.15) is 35.1 Å². The highest BCUT2D eigenvalue weighted by molar-refractivity contribution is 5.95. The van der Waals surface area contributed by atoms with Gasteiger partial charge in [0, 0.05) is 35.8 Å². The first-order valence-corrected chi connectivity index (χ1v) is 9.29. The van der Waals surface area contributed by atoms with E-state index < -0.39 is 0 Å². The third-order valence-electron chi connectivity index (χ3n) is 4.99. The van der Waals surface area contributed by atoms with E-state index in [-0.39, 0.29) is 11.9 Å². The number of pyridine rings is 1. The van der Waals surface area contributed by atoms with Gasteiger partial charge in [0.15, 0.2) is 0 Å². The number of carbonyl (C=O) groups is 1. The smallest absolute Gasteiger partial charge is 0.254 e. The van der Waals surface area contributed by atoms with Gasteiger partial charge in [-0.1, -0.05) is 11.2 Å². The fourth-order valence-electron chi connectivity index (χ4n) is 3.55. The van der Waals surface area contributed by atoms with E-state index in [1.165, 1.54) is 0 Å². The summed E-state index contributed by atoms with van der Waals surface area (Å²) in [6.07, 6.45) is 8.23. The summed E-state index contributed by atoms with van der Waals surface area (Å²) in [5.41, 5.74) is 2.25.